The van der Waals surface area contributed by atoms with E-state index in [1.54, 1.807) is 0 Å². The second kappa shape index (κ2) is 3.42. The molecule has 1 aromatic heterocycles. The van der Waals surface area contributed by atoms with Gasteiger partial charge in [0.1, 0.15) is 5.69 Å². The van der Waals surface area contributed by atoms with Gasteiger partial charge in [0.25, 0.3) is 5.91 Å². The highest BCUT2D eigenvalue weighted by Gasteiger charge is 2.05. The third-order valence-corrected chi connectivity index (χ3v) is 1.04. The van der Waals surface area contributed by atoms with E-state index in [0.717, 1.165) is 0 Å². The van der Waals surface area contributed by atoms with Crippen LogP contribution in [0.5, 0.6) is 0 Å². The maximum atomic E-state index is 11.0. The molecule has 62 valence electrons. The Labute approximate surface area is 68.3 Å². The Morgan fingerprint density at radius 3 is 2.83 bits per heavy atom. The number of guanidine groups is 1. The number of carbonyl (C=O) groups excluding carboxylic acids is 1. The summed E-state index contributed by atoms with van der Waals surface area (Å²) in [6, 6.07) is 0. The van der Waals surface area contributed by atoms with Gasteiger partial charge in [0.15, 0.2) is 5.96 Å². The van der Waals surface area contributed by atoms with Gasteiger partial charge in [0.2, 0.25) is 0 Å². The maximum Gasteiger partial charge on any atom is 0.278 e. The lowest BCUT2D eigenvalue weighted by Gasteiger charge is -1.99. The molecule has 6 nitrogen and oxygen atoms in total. The van der Waals surface area contributed by atoms with Crippen LogP contribution in [-0.2, 0) is 0 Å². The van der Waals surface area contributed by atoms with E-state index in [2.05, 4.69) is 15.3 Å². The molecule has 6 heteroatoms. The minimum Gasteiger partial charge on any atom is -0.370 e. The van der Waals surface area contributed by atoms with Crippen LogP contribution in [0.3, 0.4) is 0 Å². The standard InChI is InChI=1S/C6H7N5O/c7-6(8)11-5(12)4-3-9-1-2-10-4/h1-3H,(H4,7,8,11,12). The van der Waals surface area contributed by atoms with Crippen molar-refractivity contribution in [2.45, 2.75) is 0 Å². The van der Waals surface area contributed by atoms with Crippen molar-refractivity contribution in [2.75, 3.05) is 0 Å². The smallest absolute Gasteiger partial charge is 0.278 e. The second-order valence-electron chi connectivity index (χ2n) is 1.96. The van der Waals surface area contributed by atoms with Gasteiger partial charge in [-0.05, 0) is 0 Å². The molecule has 1 amide bonds. The Morgan fingerprint density at radius 2 is 2.33 bits per heavy atom. The van der Waals surface area contributed by atoms with Gasteiger partial charge in [0, 0.05) is 12.4 Å². The van der Waals surface area contributed by atoms with Crippen molar-refractivity contribution in [2.24, 2.45) is 5.73 Å². The average Bonchev–Trinajstić information content (AvgIpc) is 2.05. The van der Waals surface area contributed by atoms with Crippen LogP contribution in [0.2, 0.25) is 0 Å². The number of nitrogens with two attached hydrogens (primary N) is 1. The van der Waals surface area contributed by atoms with Crippen molar-refractivity contribution in [3.05, 3.63) is 24.3 Å². The third-order valence-electron chi connectivity index (χ3n) is 1.04. The molecule has 0 aliphatic heterocycles. The summed E-state index contributed by atoms with van der Waals surface area (Å²) in [6.45, 7) is 0. The average molecular weight is 165 g/mol. The van der Waals surface area contributed by atoms with Gasteiger partial charge < -0.3 is 5.73 Å². The minimum atomic E-state index is -0.532. The molecule has 0 bridgehead atoms. The highest BCUT2D eigenvalue weighted by Crippen LogP contribution is 1.87. The van der Waals surface area contributed by atoms with Crippen molar-refractivity contribution in [1.29, 1.82) is 5.41 Å². The van der Waals surface area contributed by atoms with Gasteiger partial charge in [0.05, 0.1) is 6.20 Å². The Kier molecular flexibility index (Phi) is 2.32. The number of hydrogen-bond donors (Lipinski definition) is 3. The van der Waals surface area contributed by atoms with E-state index in [1.165, 1.54) is 18.6 Å². The van der Waals surface area contributed by atoms with Gasteiger partial charge in [-0.2, -0.15) is 0 Å². The van der Waals surface area contributed by atoms with E-state index in [1.807, 2.05) is 0 Å². The molecule has 0 aliphatic carbocycles. The third kappa shape index (κ3) is 2.01. The van der Waals surface area contributed by atoms with E-state index in [-0.39, 0.29) is 5.69 Å². The molecular weight excluding hydrogens is 158 g/mol. The largest absolute Gasteiger partial charge is 0.370 e. The van der Waals surface area contributed by atoms with Gasteiger partial charge in [-0.1, -0.05) is 0 Å². The van der Waals surface area contributed by atoms with E-state index in [4.69, 9.17) is 11.1 Å². The van der Waals surface area contributed by atoms with Gasteiger partial charge in [-0.3, -0.25) is 20.5 Å². The first-order valence-electron chi connectivity index (χ1n) is 3.11. The zero-order valence-corrected chi connectivity index (χ0v) is 6.11. The first-order valence-corrected chi connectivity index (χ1v) is 3.11. The quantitative estimate of drug-likeness (QED) is 0.370. The zero-order valence-electron chi connectivity index (χ0n) is 6.11. The van der Waals surface area contributed by atoms with Crippen molar-refractivity contribution in [1.82, 2.24) is 15.3 Å². The lowest BCUT2D eigenvalue weighted by molar-refractivity contribution is 0.0971. The van der Waals surface area contributed by atoms with Crippen molar-refractivity contribution < 1.29 is 4.79 Å². The summed E-state index contributed by atoms with van der Waals surface area (Å²) in [7, 11) is 0. The van der Waals surface area contributed by atoms with Crippen LogP contribution in [0.25, 0.3) is 0 Å². The number of carbonyl (C=O) groups is 1. The summed E-state index contributed by atoms with van der Waals surface area (Å²) in [5.74, 6) is -0.943. The summed E-state index contributed by atoms with van der Waals surface area (Å²) in [5, 5.41) is 8.85. The molecular formula is C6H7N5O. The number of nitrogens with zero attached hydrogens (tertiary/aromatic N) is 2. The van der Waals surface area contributed by atoms with E-state index < -0.39 is 11.9 Å². The molecule has 0 saturated carbocycles. The fourth-order valence-corrected chi connectivity index (χ4v) is 0.603. The fraction of sp³-hybridized carbons (Fsp3) is 0. The number of hydrogen-bond acceptors (Lipinski definition) is 4. The molecule has 0 saturated heterocycles. The van der Waals surface area contributed by atoms with Crippen LogP contribution in [-0.4, -0.2) is 21.8 Å². The lowest BCUT2D eigenvalue weighted by atomic mass is 10.4. The number of amides is 1. The molecule has 0 radical (unpaired) electrons. The monoisotopic (exact) mass is 165 g/mol. The Morgan fingerprint density at radius 1 is 1.58 bits per heavy atom. The van der Waals surface area contributed by atoms with E-state index in [9.17, 15) is 4.79 Å². The Hall–Kier alpha value is -1.98. The molecule has 0 atom stereocenters. The van der Waals surface area contributed by atoms with Crippen molar-refractivity contribution in [3.63, 3.8) is 0 Å². The predicted molar refractivity (Wildman–Crippen MR) is 41.4 cm³/mol. The topological polar surface area (TPSA) is 105 Å². The normalized spacial score (nSPS) is 9.00. The van der Waals surface area contributed by atoms with E-state index >= 15 is 0 Å². The molecule has 0 unspecified atom stereocenters. The van der Waals surface area contributed by atoms with Crippen LogP contribution in [0.15, 0.2) is 18.6 Å². The summed E-state index contributed by atoms with van der Waals surface area (Å²) in [5.41, 5.74) is 5.07. The molecule has 0 aliphatic rings. The molecule has 0 aromatic carbocycles. The van der Waals surface area contributed by atoms with Crippen LogP contribution >= 0.6 is 0 Å². The molecule has 0 spiro atoms. The Balaban J connectivity index is 2.73. The number of nitrogens with one attached hydrogen (secondary N) is 2. The summed E-state index contributed by atoms with van der Waals surface area (Å²) < 4.78 is 0. The summed E-state index contributed by atoms with van der Waals surface area (Å²) >= 11 is 0. The highest BCUT2D eigenvalue weighted by atomic mass is 16.2. The number of aromatic nitrogens is 2. The molecule has 1 heterocycles. The molecule has 1 rings (SSSR count). The second-order valence-corrected chi connectivity index (χ2v) is 1.96. The molecule has 0 fully saturated rings. The van der Waals surface area contributed by atoms with Gasteiger partial charge >= 0.3 is 0 Å². The molecule has 1 aromatic rings. The van der Waals surface area contributed by atoms with Crippen molar-refractivity contribution in [3.8, 4) is 0 Å². The number of rotatable bonds is 1. The van der Waals surface area contributed by atoms with Crippen LogP contribution in [0.4, 0.5) is 0 Å². The summed E-state index contributed by atoms with van der Waals surface area (Å²) in [6.07, 6.45) is 4.12. The lowest BCUT2D eigenvalue weighted by Crippen LogP contribution is -2.36. The minimum absolute atomic E-state index is 0.132. The zero-order chi connectivity index (χ0) is 8.97. The van der Waals surface area contributed by atoms with Crippen LogP contribution in [0, 0.1) is 5.41 Å². The first-order chi connectivity index (χ1) is 5.70. The van der Waals surface area contributed by atoms with Crippen LogP contribution in [0.1, 0.15) is 10.5 Å². The Bertz CT molecular complexity index is 296. The fourth-order valence-electron chi connectivity index (χ4n) is 0.603. The highest BCUT2D eigenvalue weighted by molar-refractivity contribution is 6.02. The first kappa shape index (κ1) is 8.12. The predicted octanol–water partition coefficient (Wildman–Crippen LogP) is -0.900. The van der Waals surface area contributed by atoms with E-state index in [0.29, 0.717) is 0 Å². The van der Waals surface area contributed by atoms with Gasteiger partial charge in [-0.25, -0.2) is 4.98 Å². The molecule has 4 N–H and O–H groups in total. The molecule has 12 heavy (non-hydrogen) atoms. The summed E-state index contributed by atoms with van der Waals surface area (Å²) in [4.78, 5) is 18.4. The SMILES string of the molecule is N=C(N)NC(=O)c1cnccn1. The van der Waals surface area contributed by atoms with Crippen molar-refractivity contribution >= 4 is 11.9 Å². The maximum absolute atomic E-state index is 11.0. The van der Waals surface area contributed by atoms with Crippen LogP contribution < -0.4 is 11.1 Å². The van der Waals surface area contributed by atoms with Gasteiger partial charge in [-0.15, -0.1) is 0 Å².